The van der Waals surface area contributed by atoms with Crippen molar-refractivity contribution in [3.63, 3.8) is 0 Å². The highest BCUT2D eigenvalue weighted by molar-refractivity contribution is 6.33. The van der Waals surface area contributed by atoms with Gasteiger partial charge in [-0.1, -0.05) is 23.7 Å². The Morgan fingerprint density at radius 2 is 1.84 bits per heavy atom. The Labute approximate surface area is 149 Å². The first-order valence-electron chi connectivity index (χ1n) is 7.31. The van der Waals surface area contributed by atoms with Gasteiger partial charge in [0.1, 0.15) is 17.8 Å². The normalized spacial score (nSPS) is 9.92. The molecule has 3 rings (SSSR count). The van der Waals surface area contributed by atoms with Crippen LogP contribution in [0.4, 0.5) is 17.2 Å². The number of aromatic nitrogens is 2. The van der Waals surface area contributed by atoms with Crippen LogP contribution in [0.3, 0.4) is 0 Å². The summed E-state index contributed by atoms with van der Waals surface area (Å²) in [6.07, 6.45) is 1.30. The molecule has 0 atom stereocenters. The summed E-state index contributed by atoms with van der Waals surface area (Å²) in [4.78, 5) is 20.4. The van der Waals surface area contributed by atoms with E-state index in [1.54, 1.807) is 36.4 Å². The standard InChI is InChI=1S/C18H12ClN5O/c19-14-3-1-2-4-15(14)24-17-9-16(21-11-22-17)18(25)23-13-7-5-12(10-20)6-8-13/h1-9,11H,(H,23,25)(H,21,22,24). The van der Waals surface area contributed by atoms with E-state index in [1.165, 1.54) is 12.4 Å². The van der Waals surface area contributed by atoms with Crippen molar-refractivity contribution in [3.8, 4) is 6.07 Å². The van der Waals surface area contributed by atoms with Gasteiger partial charge in [-0.2, -0.15) is 5.26 Å². The minimum Gasteiger partial charge on any atom is -0.339 e. The van der Waals surface area contributed by atoms with Gasteiger partial charge < -0.3 is 10.6 Å². The number of nitriles is 1. The molecular weight excluding hydrogens is 338 g/mol. The summed E-state index contributed by atoms with van der Waals surface area (Å²) in [5.41, 5.74) is 1.98. The van der Waals surface area contributed by atoms with Crippen molar-refractivity contribution < 1.29 is 4.79 Å². The molecule has 6 nitrogen and oxygen atoms in total. The summed E-state index contributed by atoms with van der Waals surface area (Å²) in [6, 6.07) is 17.3. The number of para-hydroxylation sites is 1. The number of halogens is 1. The van der Waals surface area contributed by atoms with Gasteiger partial charge in [0.25, 0.3) is 5.91 Å². The minimum atomic E-state index is -0.380. The molecule has 0 saturated carbocycles. The quantitative estimate of drug-likeness (QED) is 0.743. The molecule has 2 N–H and O–H groups in total. The summed E-state index contributed by atoms with van der Waals surface area (Å²) in [5.74, 6) is 0.0717. The molecular formula is C18H12ClN5O. The van der Waals surface area contributed by atoms with E-state index < -0.39 is 0 Å². The van der Waals surface area contributed by atoms with E-state index in [4.69, 9.17) is 16.9 Å². The number of anilines is 3. The maximum absolute atomic E-state index is 12.3. The first-order chi connectivity index (χ1) is 12.2. The Morgan fingerprint density at radius 1 is 1.08 bits per heavy atom. The molecule has 1 amide bonds. The fraction of sp³-hybridized carbons (Fsp3) is 0. The molecule has 25 heavy (non-hydrogen) atoms. The van der Waals surface area contributed by atoms with Crippen LogP contribution < -0.4 is 10.6 Å². The zero-order chi connectivity index (χ0) is 17.6. The second-order valence-corrected chi connectivity index (χ2v) is 5.44. The van der Waals surface area contributed by atoms with Crippen LogP contribution in [0.25, 0.3) is 0 Å². The monoisotopic (exact) mass is 349 g/mol. The van der Waals surface area contributed by atoms with E-state index in [0.717, 1.165) is 0 Å². The van der Waals surface area contributed by atoms with Crippen molar-refractivity contribution in [1.82, 2.24) is 9.97 Å². The maximum Gasteiger partial charge on any atom is 0.274 e. The lowest BCUT2D eigenvalue weighted by molar-refractivity contribution is 0.102. The van der Waals surface area contributed by atoms with Crippen LogP contribution in [-0.2, 0) is 0 Å². The molecule has 3 aromatic rings. The molecule has 0 bridgehead atoms. The second kappa shape index (κ2) is 7.43. The van der Waals surface area contributed by atoms with Crippen molar-refractivity contribution in [1.29, 1.82) is 5.26 Å². The van der Waals surface area contributed by atoms with Crippen molar-refractivity contribution in [3.05, 3.63) is 77.2 Å². The first-order valence-corrected chi connectivity index (χ1v) is 7.68. The summed E-state index contributed by atoms with van der Waals surface area (Å²) < 4.78 is 0. The third kappa shape index (κ3) is 4.10. The number of hydrogen-bond acceptors (Lipinski definition) is 5. The Kier molecular flexibility index (Phi) is 4.88. The number of rotatable bonds is 4. The molecule has 0 aliphatic rings. The number of benzene rings is 2. The fourth-order valence-corrected chi connectivity index (χ4v) is 2.26. The minimum absolute atomic E-state index is 0.203. The van der Waals surface area contributed by atoms with E-state index >= 15 is 0 Å². The summed E-state index contributed by atoms with van der Waals surface area (Å²) in [7, 11) is 0. The third-order valence-electron chi connectivity index (χ3n) is 3.31. The molecule has 1 aromatic heterocycles. The van der Waals surface area contributed by atoms with E-state index in [9.17, 15) is 4.79 Å². The van der Waals surface area contributed by atoms with Gasteiger partial charge >= 0.3 is 0 Å². The molecule has 122 valence electrons. The van der Waals surface area contributed by atoms with E-state index in [2.05, 4.69) is 20.6 Å². The van der Waals surface area contributed by atoms with Gasteiger partial charge in [0, 0.05) is 11.8 Å². The van der Waals surface area contributed by atoms with Crippen molar-refractivity contribution >= 4 is 34.7 Å². The number of carbonyl (C=O) groups excluding carboxylic acids is 1. The van der Waals surface area contributed by atoms with Gasteiger partial charge in [0.15, 0.2) is 0 Å². The molecule has 0 fully saturated rings. The highest BCUT2D eigenvalue weighted by atomic mass is 35.5. The smallest absolute Gasteiger partial charge is 0.274 e. The molecule has 1 heterocycles. The largest absolute Gasteiger partial charge is 0.339 e. The lowest BCUT2D eigenvalue weighted by Crippen LogP contribution is -2.14. The number of carbonyl (C=O) groups is 1. The van der Waals surface area contributed by atoms with Crippen molar-refractivity contribution in [2.75, 3.05) is 10.6 Å². The third-order valence-corrected chi connectivity index (χ3v) is 3.64. The van der Waals surface area contributed by atoms with Crippen LogP contribution in [0.5, 0.6) is 0 Å². The summed E-state index contributed by atoms with van der Waals surface area (Å²) in [6.45, 7) is 0. The highest BCUT2D eigenvalue weighted by Gasteiger charge is 2.10. The van der Waals surface area contributed by atoms with E-state index in [1.807, 2.05) is 18.2 Å². The Hall–Kier alpha value is -3.43. The lowest BCUT2D eigenvalue weighted by Gasteiger charge is -2.09. The predicted octanol–water partition coefficient (Wildman–Crippen LogP) is 4.00. The molecule has 7 heteroatoms. The van der Waals surface area contributed by atoms with Crippen molar-refractivity contribution in [2.45, 2.75) is 0 Å². The lowest BCUT2D eigenvalue weighted by atomic mass is 10.2. The van der Waals surface area contributed by atoms with Crippen LogP contribution in [0.15, 0.2) is 60.9 Å². The molecule has 0 radical (unpaired) electrons. The van der Waals surface area contributed by atoms with Gasteiger partial charge in [0.05, 0.1) is 22.3 Å². The molecule has 0 spiro atoms. The number of amides is 1. The molecule has 2 aromatic carbocycles. The van der Waals surface area contributed by atoms with Crippen LogP contribution in [0, 0.1) is 11.3 Å². The number of nitrogens with zero attached hydrogens (tertiary/aromatic N) is 3. The van der Waals surface area contributed by atoms with Crippen LogP contribution in [0.2, 0.25) is 5.02 Å². The SMILES string of the molecule is N#Cc1ccc(NC(=O)c2cc(Nc3ccccc3Cl)ncn2)cc1. The Balaban J connectivity index is 1.75. The van der Waals surface area contributed by atoms with Gasteiger partial charge in [-0.15, -0.1) is 0 Å². The topological polar surface area (TPSA) is 90.7 Å². The molecule has 0 saturated heterocycles. The molecule has 0 unspecified atom stereocenters. The van der Waals surface area contributed by atoms with E-state index in [-0.39, 0.29) is 11.6 Å². The van der Waals surface area contributed by atoms with Gasteiger partial charge in [-0.25, -0.2) is 9.97 Å². The molecule has 0 aliphatic heterocycles. The number of hydrogen-bond donors (Lipinski definition) is 2. The maximum atomic E-state index is 12.3. The summed E-state index contributed by atoms with van der Waals surface area (Å²) >= 11 is 6.10. The second-order valence-electron chi connectivity index (χ2n) is 5.04. The Morgan fingerprint density at radius 3 is 2.56 bits per heavy atom. The average molecular weight is 350 g/mol. The summed E-state index contributed by atoms with van der Waals surface area (Å²) in [5, 5.41) is 15.1. The van der Waals surface area contributed by atoms with Gasteiger partial charge in [-0.3, -0.25) is 4.79 Å². The van der Waals surface area contributed by atoms with Gasteiger partial charge in [-0.05, 0) is 36.4 Å². The zero-order valence-corrected chi connectivity index (χ0v) is 13.7. The van der Waals surface area contributed by atoms with Crippen LogP contribution in [0.1, 0.15) is 16.1 Å². The average Bonchev–Trinajstić information content (AvgIpc) is 2.64. The van der Waals surface area contributed by atoms with Crippen LogP contribution >= 0.6 is 11.6 Å². The number of nitrogens with one attached hydrogen (secondary N) is 2. The van der Waals surface area contributed by atoms with E-state index in [0.29, 0.717) is 27.8 Å². The fourth-order valence-electron chi connectivity index (χ4n) is 2.07. The van der Waals surface area contributed by atoms with Gasteiger partial charge in [0.2, 0.25) is 0 Å². The van der Waals surface area contributed by atoms with Crippen molar-refractivity contribution in [2.24, 2.45) is 0 Å². The zero-order valence-electron chi connectivity index (χ0n) is 12.9. The highest BCUT2D eigenvalue weighted by Crippen LogP contribution is 2.23. The first kappa shape index (κ1) is 16.4. The predicted molar refractivity (Wildman–Crippen MR) is 95.9 cm³/mol. The Bertz CT molecular complexity index is 950. The molecule has 0 aliphatic carbocycles. The van der Waals surface area contributed by atoms with Crippen LogP contribution in [-0.4, -0.2) is 15.9 Å².